The van der Waals surface area contributed by atoms with E-state index >= 15 is 0 Å². The molecule has 0 aromatic rings. The Labute approximate surface area is 101 Å². The molecule has 0 saturated carbocycles. The molecule has 0 aromatic heterocycles. The minimum Gasteiger partial charge on any atom is -0.316 e. The fraction of sp³-hybridized carbons (Fsp3) is 1.00. The van der Waals surface area contributed by atoms with Crippen LogP contribution in [0.5, 0.6) is 0 Å². The molecule has 0 radical (unpaired) electrons. The summed E-state index contributed by atoms with van der Waals surface area (Å²) in [5.74, 6) is 0.834. The minimum absolute atomic E-state index is 0.834. The number of rotatable bonds is 2. The van der Waals surface area contributed by atoms with Crippen molar-refractivity contribution in [2.24, 2.45) is 5.92 Å². The monoisotopic (exact) mass is 224 g/mol. The van der Waals surface area contributed by atoms with Gasteiger partial charge in [-0.1, -0.05) is 26.7 Å². The van der Waals surface area contributed by atoms with Crippen molar-refractivity contribution >= 4 is 0 Å². The van der Waals surface area contributed by atoms with Crippen LogP contribution >= 0.6 is 0 Å². The highest BCUT2D eigenvalue weighted by atomic mass is 15.2. The Balaban J connectivity index is 2.02. The third-order valence-corrected chi connectivity index (χ3v) is 4.56. The van der Waals surface area contributed by atoms with E-state index in [2.05, 4.69) is 24.1 Å². The van der Waals surface area contributed by atoms with Crippen LogP contribution in [-0.4, -0.2) is 36.6 Å². The molecule has 0 spiro atoms. The van der Waals surface area contributed by atoms with Crippen LogP contribution in [0.3, 0.4) is 0 Å². The third kappa shape index (κ3) is 2.78. The molecule has 2 fully saturated rings. The fourth-order valence-electron chi connectivity index (χ4n) is 3.57. The molecule has 2 saturated heterocycles. The molecule has 0 aromatic carbocycles. The van der Waals surface area contributed by atoms with E-state index < -0.39 is 0 Å². The summed E-state index contributed by atoms with van der Waals surface area (Å²) in [6, 6.07) is 1.72. The van der Waals surface area contributed by atoms with Crippen LogP contribution in [0.1, 0.15) is 52.4 Å². The van der Waals surface area contributed by atoms with E-state index in [1.807, 2.05) is 0 Å². The van der Waals surface area contributed by atoms with Crippen LogP contribution in [0, 0.1) is 5.92 Å². The summed E-state index contributed by atoms with van der Waals surface area (Å²) in [4.78, 5) is 2.86. The zero-order valence-corrected chi connectivity index (χ0v) is 11.0. The van der Waals surface area contributed by atoms with Gasteiger partial charge in [-0.05, 0) is 51.2 Å². The van der Waals surface area contributed by atoms with Gasteiger partial charge in [0.2, 0.25) is 0 Å². The van der Waals surface area contributed by atoms with Crippen molar-refractivity contribution in [1.82, 2.24) is 10.2 Å². The molecular formula is C14H28N2. The van der Waals surface area contributed by atoms with Crippen molar-refractivity contribution in [3.8, 4) is 0 Å². The van der Waals surface area contributed by atoms with Crippen LogP contribution in [0.2, 0.25) is 0 Å². The van der Waals surface area contributed by atoms with E-state index in [1.54, 1.807) is 0 Å². The lowest BCUT2D eigenvalue weighted by Crippen LogP contribution is -2.52. The molecule has 3 atom stereocenters. The first-order valence-electron chi connectivity index (χ1n) is 7.29. The normalized spacial score (nSPS) is 38.2. The van der Waals surface area contributed by atoms with E-state index in [1.165, 1.54) is 58.2 Å². The van der Waals surface area contributed by atoms with Gasteiger partial charge in [-0.15, -0.1) is 0 Å². The predicted molar refractivity (Wildman–Crippen MR) is 69.7 cm³/mol. The summed E-state index contributed by atoms with van der Waals surface area (Å²) in [5.41, 5.74) is 0. The maximum Gasteiger partial charge on any atom is 0.0148 e. The van der Waals surface area contributed by atoms with E-state index in [9.17, 15) is 0 Å². The first-order chi connectivity index (χ1) is 7.83. The van der Waals surface area contributed by atoms with Crippen LogP contribution in [0.25, 0.3) is 0 Å². The maximum absolute atomic E-state index is 3.53. The Morgan fingerprint density at radius 2 is 2.06 bits per heavy atom. The van der Waals surface area contributed by atoms with Crippen LogP contribution in [0.4, 0.5) is 0 Å². The summed E-state index contributed by atoms with van der Waals surface area (Å²) in [6.07, 6.45) is 8.47. The maximum atomic E-state index is 3.53. The minimum atomic E-state index is 0.834. The number of nitrogens with one attached hydrogen (secondary N) is 1. The summed E-state index contributed by atoms with van der Waals surface area (Å²) < 4.78 is 0. The van der Waals surface area contributed by atoms with Crippen molar-refractivity contribution in [3.05, 3.63) is 0 Å². The molecule has 2 nitrogen and oxygen atoms in total. The van der Waals surface area contributed by atoms with Crippen molar-refractivity contribution in [3.63, 3.8) is 0 Å². The standard InChI is InChI=1S/C14H28N2/c1-3-13-7-5-4-6-10-16(13)14-8-9-15-11-12(14)2/h12-15H,3-11H2,1-2H3. The van der Waals surface area contributed by atoms with Crippen LogP contribution < -0.4 is 5.32 Å². The molecule has 0 aliphatic carbocycles. The SMILES string of the molecule is CCC1CCCCCN1C1CCNCC1C. The van der Waals surface area contributed by atoms with Gasteiger partial charge in [0.1, 0.15) is 0 Å². The predicted octanol–water partition coefficient (Wildman–Crippen LogP) is 2.64. The van der Waals surface area contributed by atoms with Crippen molar-refractivity contribution in [2.75, 3.05) is 19.6 Å². The molecule has 2 heterocycles. The molecule has 2 aliphatic rings. The van der Waals surface area contributed by atoms with Gasteiger partial charge < -0.3 is 5.32 Å². The van der Waals surface area contributed by atoms with Crippen LogP contribution in [0.15, 0.2) is 0 Å². The topological polar surface area (TPSA) is 15.3 Å². The lowest BCUT2D eigenvalue weighted by molar-refractivity contribution is 0.0756. The second-order valence-corrected chi connectivity index (χ2v) is 5.69. The number of piperidine rings is 1. The quantitative estimate of drug-likeness (QED) is 0.776. The van der Waals surface area contributed by atoms with Crippen molar-refractivity contribution < 1.29 is 0 Å². The van der Waals surface area contributed by atoms with Crippen molar-refractivity contribution in [1.29, 1.82) is 0 Å². The molecule has 3 unspecified atom stereocenters. The van der Waals surface area contributed by atoms with E-state index in [0.29, 0.717) is 0 Å². The van der Waals surface area contributed by atoms with Gasteiger partial charge in [0, 0.05) is 12.1 Å². The lowest BCUT2D eigenvalue weighted by atomic mass is 9.91. The van der Waals surface area contributed by atoms with E-state index in [-0.39, 0.29) is 0 Å². The first kappa shape index (κ1) is 12.4. The molecule has 94 valence electrons. The van der Waals surface area contributed by atoms with Gasteiger partial charge in [0.25, 0.3) is 0 Å². The van der Waals surface area contributed by atoms with Crippen molar-refractivity contribution in [2.45, 2.75) is 64.5 Å². The Bertz CT molecular complexity index is 205. The third-order valence-electron chi connectivity index (χ3n) is 4.56. The molecule has 16 heavy (non-hydrogen) atoms. The molecular weight excluding hydrogens is 196 g/mol. The summed E-state index contributed by atoms with van der Waals surface area (Å²) >= 11 is 0. The number of nitrogens with zero attached hydrogens (tertiary/aromatic N) is 1. The first-order valence-corrected chi connectivity index (χ1v) is 7.29. The average molecular weight is 224 g/mol. The largest absolute Gasteiger partial charge is 0.316 e. The van der Waals surface area contributed by atoms with Gasteiger partial charge in [0.05, 0.1) is 0 Å². The molecule has 0 amide bonds. The highest BCUT2D eigenvalue weighted by molar-refractivity contribution is 4.87. The molecule has 0 bridgehead atoms. The average Bonchev–Trinajstić information content (AvgIpc) is 2.54. The molecule has 2 aliphatic heterocycles. The molecule has 2 heteroatoms. The van der Waals surface area contributed by atoms with E-state index in [0.717, 1.165) is 18.0 Å². The Hall–Kier alpha value is -0.0800. The zero-order chi connectivity index (χ0) is 11.4. The van der Waals surface area contributed by atoms with Gasteiger partial charge in [-0.3, -0.25) is 4.90 Å². The van der Waals surface area contributed by atoms with Gasteiger partial charge in [-0.25, -0.2) is 0 Å². The summed E-state index contributed by atoms with van der Waals surface area (Å²) in [5, 5.41) is 3.53. The lowest BCUT2D eigenvalue weighted by Gasteiger charge is -2.42. The molecule has 2 rings (SSSR count). The Morgan fingerprint density at radius 1 is 1.19 bits per heavy atom. The number of likely N-dealkylation sites (tertiary alicyclic amines) is 1. The van der Waals surface area contributed by atoms with E-state index in [4.69, 9.17) is 0 Å². The highest BCUT2D eigenvalue weighted by Crippen LogP contribution is 2.27. The zero-order valence-electron chi connectivity index (χ0n) is 11.0. The smallest absolute Gasteiger partial charge is 0.0148 e. The second kappa shape index (κ2) is 6.02. The van der Waals surface area contributed by atoms with Crippen LogP contribution in [-0.2, 0) is 0 Å². The Kier molecular flexibility index (Phi) is 4.66. The van der Waals surface area contributed by atoms with Gasteiger partial charge >= 0.3 is 0 Å². The second-order valence-electron chi connectivity index (χ2n) is 5.69. The number of hydrogen-bond acceptors (Lipinski definition) is 2. The Morgan fingerprint density at radius 3 is 2.81 bits per heavy atom. The summed E-state index contributed by atoms with van der Waals surface area (Å²) in [6.45, 7) is 8.59. The highest BCUT2D eigenvalue weighted by Gasteiger charge is 2.31. The number of hydrogen-bond donors (Lipinski definition) is 1. The fourth-order valence-corrected chi connectivity index (χ4v) is 3.57. The summed E-state index contributed by atoms with van der Waals surface area (Å²) in [7, 11) is 0. The molecule has 1 N–H and O–H groups in total. The van der Waals surface area contributed by atoms with Gasteiger partial charge in [-0.2, -0.15) is 0 Å². The van der Waals surface area contributed by atoms with Gasteiger partial charge in [0.15, 0.2) is 0 Å².